The summed E-state index contributed by atoms with van der Waals surface area (Å²) in [5.74, 6) is 0. The van der Waals surface area contributed by atoms with Gasteiger partial charge in [0.15, 0.2) is 0 Å². The maximum Gasteiger partial charge on any atom is 0.0543 e. The second-order valence-corrected chi connectivity index (χ2v) is 16.0. The third-order valence-corrected chi connectivity index (χ3v) is 12.6. The Labute approximate surface area is 298 Å². The lowest BCUT2D eigenvalue weighted by molar-refractivity contribution is 0.660. The van der Waals surface area contributed by atoms with Gasteiger partial charge in [-0.2, -0.15) is 0 Å². The first-order chi connectivity index (χ1) is 24.3. The highest BCUT2D eigenvalue weighted by atomic mass is 32.1. The predicted octanol–water partition coefficient (Wildman–Crippen LogP) is 13.8. The lowest BCUT2D eigenvalue weighted by atomic mass is 9.82. The van der Waals surface area contributed by atoms with Gasteiger partial charge in [-0.3, -0.25) is 0 Å². The molecule has 0 spiro atoms. The SMILES string of the molecule is CC1(C)c2ccccc2-c2ccc(N(c3ccccc3-c3ccc4c(c3)sc3ccccc34)c3cccc4c3-c3ccccc3C4(C)C)cc21. The molecule has 8 aromatic rings. The molecule has 0 amide bonds. The van der Waals surface area contributed by atoms with Crippen LogP contribution >= 0.6 is 11.3 Å². The van der Waals surface area contributed by atoms with E-state index in [1.807, 2.05) is 11.3 Å². The van der Waals surface area contributed by atoms with Crippen molar-refractivity contribution < 1.29 is 0 Å². The van der Waals surface area contributed by atoms with E-state index in [4.69, 9.17) is 0 Å². The maximum absolute atomic E-state index is 2.54. The van der Waals surface area contributed by atoms with E-state index in [2.05, 4.69) is 184 Å². The molecule has 2 aliphatic rings. The molecule has 0 saturated heterocycles. The molecule has 0 fully saturated rings. The van der Waals surface area contributed by atoms with Crippen LogP contribution < -0.4 is 4.90 Å². The molecule has 1 heterocycles. The Morgan fingerprint density at radius 2 is 1.02 bits per heavy atom. The van der Waals surface area contributed by atoms with Crippen LogP contribution in [0.25, 0.3) is 53.6 Å². The number of hydrogen-bond acceptors (Lipinski definition) is 2. The van der Waals surface area contributed by atoms with E-state index in [1.54, 1.807) is 0 Å². The Morgan fingerprint density at radius 3 is 1.86 bits per heavy atom. The van der Waals surface area contributed by atoms with Crippen LogP contribution in [0.5, 0.6) is 0 Å². The largest absolute Gasteiger partial charge is 0.309 e. The summed E-state index contributed by atoms with van der Waals surface area (Å²) in [6.45, 7) is 9.49. The van der Waals surface area contributed by atoms with Crippen LogP contribution in [-0.2, 0) is 10.8 Å². The van der Waals surface area contributed by atoms with Gasteiger partial charge in [0.05, 0.1) is 11.4 Å². The average Bonchev–Trinajstić information content (AvgIpc) is 3.72. The van der Waals surface area contributed by atoms with Crippen molar-refractivity contribution in [1.82, 2.24) is 0 Å². The Hall–Kier alpha value is -5.44. The van der Waals surface area contributed by atoms with Gasteiger partial charge >= 0.3 is 0 Å². The first kappa shape index (κ1) is 29.5. The fraction of sp³-hybridized carbons (Fsp3) is 0.125. The van der Waals surface area contributed by atoms with E-state index in [0.29, 0.717) is 0 Å². The molecule has 0 radical (unpaired) electrons. The summed E-state index contributed by atoms with van der Waals surface area (Å²) in [5.41, 5.74) is 16.7. The Balaban J connectivity index is 1.24. The summed E-state index contributed by atoms with van der Waals surface area (Å²) < 4.78 is 2.65. The molecule has 50 heavy (non-hydrogen) atoms. The van der Waals surface area contributed by atoms with Crippen molar-refractivity contribution in [3.05, 3.63) is 174 Å². The van der Waals surface area contributed by atoms with E-state index >= 15 is 0 Å². The van der Waals surface area contributed by atoms with Crippen molar-refractivity contribution in [2.45, 2.75) is 38.5 Å². The third-order valence-electron chi connectivity index (χ3n) is 11.5. The molecule has 240 valence electrons. The third kappa shape index (κ3) is 4.06. The van der Waals surface area contributed by atoms with Crippen LogP contribution in [0.2, 0.25) is 0 Å². The molecule has 0 bridgehead atoms. The maximum atomic E-state index is 2.54. The zero-order chi connectivity index (χ0) is 33.8. The van der Waals surface area contributed by atoms with Crippen molar-refractivity contribution in [2.75, 3.05) is 4.90 Å². The topological polar surface area (TPSA) is 3.24 Å². The lowest BCUT2D eigenvalue weighted by Gasteiger charge is -2.32. The van der Waals surface area contributed by atoms with Gasteiger partial charge in [-0.25, -0.2) is 0 Å². The Bertz CT molecular complexity index is 2670. The highest BCUT2D eigenvalue weighted by Gasteiger charge is 2.39. The summed E-state index contributed by atoms with van der Waals surface area (Å²) in [6.07, 6.45) is 0. The second-order valence-electron chi connectivity index (χ2n) is 14.9. The quantitative estimate of drug-likeness (QED) is 0.182. The Kier molecular flexibility index (Phi) is 6.21. The first-order valence-electron chi connectivity index (χ1n) is 17.6. The van der Waals surface area contributed by atoms with E-state index in [0.717, 1.165) is 0 Å². The molecule has 2 aliphatic carbocycles. The van der Waals surface area contributed by atoms with Crippen molar-refractivity contribution in [1.29, 1.82) is 0 Å². The predicted molar refractivity (Wildman–Crippen MR) is 215 cm³/mol. The minimum atomic E-state index is -0.105. The second kappa shape index (κ2) is 10.5. The van der Waals surface area contributed by atoms with Crippen LogP contribution in [0.15, 0.2) is 152 Å². The zero-order valence-corrected chi connectivity index (χ0v) is 29.6. The van der Waals surface area contributed by atoms with Crippen LogP contribution in [0.3, 0.4) is 0 Å². The highest BCUT2D eigenvalue weighted by molar-refractivity contribution is 7.25. The molecule has 2 heteroatoms. The van der Waals surface area contributed by atoms with Crippen molar-refractivity contribution in [3.8, 4) is 33.4 Å². The van der Waals surface area contributed by atoms with Gasteiger partial charge in [0.2, 0.25) is 0 Å². The standard InChI is InChI=1S/C48H37NS/c1-47(2)39-19-10-6-17-37(39)46-40(47)20-13-22-43(46)49(31-25-27-34-33-15-5-9-18-38(33)48(3,4)41(34)29-31)42-21-11-7-14-32(42)30-24-26-36-35-16-8-12-23-44(35)50-45(36)28-30/h5-29H,1-4H3. The van der Waals surface area contributed by atoms with E-state index in [9.17, 15) is 0 Å². The number of benzene rings is 7. The average molecular weight is 660 g/mol. The number of fused-ring (bicyclic) bond motifs is 9. The molecule has 0 atom stereocenters. The molecular weight excluding hydrogens is 623 g/mol. The van der Waals surface area contributed by atoms with E-state index < -0.39 is 0 Å². The van der Waals surface area contributed by atoms with Crippen LogP contribution in [0.4, 0.5) is 17.1 Å². The summed E-state index contributed by atoms with van der Waals surface area (Å²) in [4.78, 5) is 2.54. The van der Waals surface area contributed by atoms with Crippen LogP contribution in [0, 0.1) is 0 Å². The van der Waals surface area contributed by atoms with E-state index in [1.165, 1.54) is 92.9 Å². The number of para-hydroxylation sites is 1. The molecule has 1 aromatic heterocycles. The molecule has 0 aliphatic heterocycles. The minimum Gasteiger partial charge on any atom is -0.309 e. The highest BCUT2D eigenvalue weighted by Crippen LogP contribution is 2.56. The van der Waals surface area contributed by atoms with Crippen LogP contribution in [-0.4, -0.2) is 0 Å². The fourth-order valence-electron chi connectivity index (χ4n) is 8.97. The number of anilines is 3. The molecule has 0 N–H and O–H groups in total. The zero-order valence-electron chi connectivity index (χ0n) is 28.8. The van der Waals surface area contributed by atoms with Gasteiger partial charge in [0.1, 0.15) is 0 Å². The van der Waals surface area contributed by atoms with Crippen LogP contribution in [0.1, 0.15) is 49.9 Å². The molecule has 0 unspecified atom stereocenters. The minimum absolute atomic E-state index is 0.0963. The van der Waals surface area contributed by atoms with Gasteiger partial charge in [-0.15, -0.1) is 11.3 Å². The lowest BCUT2D eigenvalue weighted by Crippen LogP contribution is -2.18. The fourth-order valence-corrected chi connectivity index (χ4v) is 10.1. The molecule has 10 rings (SSSR count). The summed E-state index contributed by atoms with van der Waals surface area (Å²) in [6, 6.07) is 56.8. The van der Waals surface area contributed by atoms with Gasteiger partial charge in [-0.1, -0.05) is 143 Å². The van der Waals surface area contributed by atoms with Crippen molar-refractivity contribution >= 4 is 48.6 Å². The first-order valence-corrected chi connectivity index (χ1v) is 18.4. The molecule has 1 nitrogen and oxygen atoms in total. The summed E-state index contributed by atoms with van der Waals surface area (Å²) in [5, 5.41) is 2.65. The van der Waals surface area contributed by atoms with Gasteiger partial charge in [0, 0.05) is 47.8 Å². The smallest absolute Gasteiger partial charge is 0.0543 e. The van der Waals surface area contributed by atoms with Gasteiger partial charge in [-0.05, 0) is 80.9 Å². The van der Waals surface area contributed by atoms with Crippen molar-refractivity contribution in [3.63, 3.8) is 0 Å². The number of nitrogens with zero attached hydrogens (tertiary/aromatic N) is 1. The number of thiophene rings is 1. The normalized spacial score (nSPS) is 14.7. The molecule has 0 saturated carbocycles. The van der Waals surface area contributed by atoms with E-state index in [-0.39, 0.29) is 10.8 Å². The van der Waals surface area contributed by atoms with Gasteiger partial charge in [0.25, 0.3) is 0 Å². The molecular formula is C48H37NS. The van der Waals surface area contributed by atoms with Crippen molar-refractivity contribution in [2.24, 2.45) is 0 Å². The van der Waals surface area contributed by atoms with Gasteiger partial charge < -0.3 is 4.90 Å². The number of hydrogen-bond donors (Lipinski definition) is 0. The molecule has 7 aromatic carbocycles. The number of rotatable bonds is 4. The Morgan fingerprint density at radius 1 is 0.420 bits per heavy atom. The monoisotopic (exact) mass is 659 g/mol. The summed E-state index contributed by atoms with van der Waals surface area (Å²) in [7, 11) is 0. The summed E-state index contributed by atoms with van der Waals surface area (Å²) >= 11 is 1.88.